The van der Waals surface area contributed by atoms with Gasteiger partial charge in [-0.2, -0.15) is 5.10 Å². The molecule has 0 spiro atoms. The number of benzene rings is 1. The number of ether oxygens (including phenoxy) is 1. The smallest absolute Gasteiger partial charge is 0.214 e. The molecule has 0 radical (unpaired) electrons. The third-order valence-corrected chi connectivity index (χ3v) is 3.98. The molecule has 0 bridgehead atoms. The third kappa shape index (κ3) is 2.40. The van der Waals surface area contributed by atoms with Crippen LogP contribution >= 0.6 is 0 Å². The Morgan fingerprint density at radius 2 is 1.83 bits per heavy atom. The lowest BCUT2D eigenvalue weighted by Gasteiger charge is -2.09. The minimum absolute atomic E-state index is 0.577. The maximum absolute atomic E-state index is 5.37. The second kappa shape index (κ2) is 5.77. The van der Waals surface area contributed by atoms with E-state index < -0.39 is 0 Å². The van der Waals surface area contributed by atoms with Gasteiger partial charge in [-0.25, -0.2) is 4.98 Å². The van der Waals surface area contributed by atoms with Gasteiger partial charge in [-0.3, -0.25) is 10.1 Å². The third-order valence-electron chi connectivity index (χ3n) is 3.98. The number of para-hydroxylation sites is 1. The molecule has 5 nitrogen and oxygen atoms in total. The van der Waals surface area contributed by atoms with Gasteiger partial charge in [0, 0.05) is 28.3 Å². The van der Waals surface area contributed by atoms with E-state index in [2.05, 4.69) is 26.2 Å². The predicted molar refractivity (Wildman–Crippen MR) is 93.8 cm³/mol. The fourth-order valence-electron chi connectivity index (χ4n) is 2.85. The summed E-state index contributed by atoms with van der Waals surface area (Å²) >= 11 is 0. The second-order valence-electron chi connectivity index (χ2n) is 5.55. The quantitative estimate of drug-likeness (QED) is 0.620. The van der Waals surface area contributed by atoms with Crippen LogP contribution in [-0.4, -0.2) is 27.3 Å². The lowest BCUT2D eigenvalue weighted by molar-refractivity contribution is 0.400. The van der Waals surface area contributed by atoms with Crippen LogP contribution in [0.25, 0.3) is 33.4 Å². The molecular formula is C19H16N4O. The molecule has 3 heterocycles. The van der Waals surface area contributed by atoms with Crippen LogP contribution < -0.4 is 4.74 Å². The fourth-order valence-corrected chi connectivity index (χ4v) is 2.85. The van der Waals surface area contributed by atoms with Gasteiger partial charge in [0.05, 0.1) is 30.2 Å². The molecule has 0 fully saturated rings. The molecule has 0 unspecified atom stereocenters. The standard InChI is InChI=1S/C19H16N4O/c1-12-6-5-9-17(21-12)19-15(11-20-23-19)14-10-18(24-2)22-16-8-4-3-7-13(14)16/h3-11H,1-2H3,(H,20,23). The number of aromatic amines is 1. The van der Waals surface area contributed by atoms with Crippen LogP contribution in [0.2, 0.25) is 0 Å². The molecule has 0 aliphatic carbocycles. The average molecular weight is 316 g/mol. The number of aromatic nitrogens is 4. The minimum Gasteiger partial charge on any atom is -0.481 e. The van der Waals surface area contributed by atoms with E-state index in [0.717, 1.165) is 39.1 Å². The van der Waals surface area contributed by atoms with Crippen molar-refractivity contribution in [3.63, 3.8) is 0 Å². The number of hydrogen-bond donors (Lipinski definition) is 1. The minimum atomic E-state index is 0.577. The number of fused-ring (bicyclic) bond motifs is 1. The summed E-state index contributed by atoms with van der Waals surface area (Å²) in [5, 5.41) is 8.37. The van der Waals surface area contributed by atoms with Crippen LogP contribution in [-0.2, 0) is 0 Å². The van der Waals surface area contributed by atoms with Crippen molar-refractivity contribution in [2.45, 2.75) is 6.92 Å². The summed E-state index contributed by atoms with van der Waals surface area (Å²) in [6.07, 6.45) is 1.82. The van der Waals surface area contributed by atoms with Gasteiger partial charge in [-0.15, -0.1) is 0 Å². The monoisotopic (exact) mass is 316 g/mol. The van der Waals surface area contributed by atoms with E-state index in [1.165, 1.54) is 0 Å². The number of pyridine rings is 2. The van der Waals surface area contributed by atoms with Gasteiger partial charge >= 0.3 is 0 Å². The molecule has 0 aliphatic heterocycles. The van der Waals surface area contributed by atoms with Gasteiger partial charge in [0.1, 0.15) is 0 Å². The zero-order chi connectivity index (χ0) is 16.5. The first kappa shape index (κ1) is 14.4. The number of nitrogens with one attached hydrogen (secondary N) is 1. The van der Waals surface area contributed by atoms with Gasteiger partial charge in [0.15, 0.2) is 0 Å². The summed E-state index contributed by atoms with van der Waals surface area (Å²) in [6, 6.07) is 15.9. The van der Waals surface area contributed by atoms with Gasteiger partial charge in [-0.1, -0.05) is 24.3 Å². The number of methoxy groups -OCH3 is 1. The Labute approximate surface area is 139 Å². The van der Waals surface area contributed by atoms with Gasteiger partial charge in [0.2, 0.25) is 5.88 Å². The largest absolute Gasteiger partial charge is 0.481 e. The van der Waals surface area contributed by atoms with E-state index in [1.807, 2.05) is 55.6 Å². The van der Waals surface area contributed by atoms with Crippen molar-refractivity contribution in [2.75, 3.05) is 7.11 Å². The van der Waals surface area contributed by atoms with Crippen LogP contribution in [0.15, 0.2) is 54.7 Å². The Kier molecular flexibility index (Phi) is 3.46. The molecule has 3 aromatic heterocycles. The summed E-state index contributed by atoms with van der Waals surface area (Å²) in [4.78, 5) is 9.12. The maximum atomic E-state index is 5.37. The van der Waals surface area contributed by atoms with E-state index in [9.17, 15) is 0 Å². The molecule has 24 heavy (non-hydrogen) atoms. The molecule has 0 saturated carbocycles. The van der Waals surface area contributed by atoms with Gasteiger partial charge in [0.25, 0.3) is 0 Å². The summed E-state index contributed by atoms with van der Waals surface area (Å²) in [7, 11) is 1.62. The van der Waals surface area contributed by atoms with E-state index in [1.54, 1.807) is 7.11 Å². The molecule has 1 N–H and O–H groups in total. The fraction of sp³-hybridized carbons (Fsp3) is 0.105. The number of rotatable bonds is 3. The lowest BCUT2D eigenvalue weighted by atomic mass is 10.0. The van der Waals surface area contributed by atoms with Crippen molar-refractivity contribution < 1.29 is 4.74 Å². The predicted octanol–water partition coefficient (Wildman–Crippen LogP) is 4.00. The first-order valence-electron chi connectivity index (χ1n) is 7.68. The average Bonchev–Trinajstić information content (AvgIpc) is 3.10. The van der Waals surface area contributed by atoms with Gasteiger partial charge < -0.3 is 4.74 Å². The van der Waals surface area contributed by atoms with Crippen LogP contribution in [0.1, 0.15) is 5.69 Å². The SMILES string of the molecule is COc1cc(-c2cn[nH]c2-c2cccc(C)n2)c2ccccc2n1. The van der Waals surface area contributed by atoms with E-state index in [4.69, 9.17) is 4.74 Å². The van der Waals surface area contributed by atoms with Crippen molar-refractivity contribution in [2.24, 2.45) is 0 Å². The zero-order valence-corrected chi connectivity index (χ0v) is 13.4. The molecule has 118 valence electrons. The van der Waals surface area contributed by atoms with Crippen LogP contribution in [0.4, 0.5) is 0 Å². The number of aryl methyl sites for hydroxylation is 1. The molecule has 4 rings (SSSR count). The normalized spacial score (nSPS) is 10.9. The Hall–Kier alpha value is -3.21. The van der Waals surface area contributed by atoms with Crippen LogP contribution in [0.5, 0.6) is 5.88 Å². The Morgan fingerprint density at radius 3 is 2.67 bits per heavy atom. The van der Waals surface area contributed by atoms with Crippen molar-refractivity contribution in [1.82, 2.24) is 20.2 Å². The van der Waals surface area contributed by atoms with E-state index in [0.29, 0.717) is 5.88 Å². The van der Waals surface area contributed by atoms with Crippen LogP contribution in [0, 0.1) is 6.92 Å². The number of hydrogen-bond acceptors (Lipinski definition) is 4. The molecule has 0 amide bonds. The topological polar surface area (TPSA) is 63.7 Å². The molecule has 1 aromatic carbocycles. The molecule has 0 saturated heterocycles. The first-order valence-corrected chi connectivity index (χ1v) is 7.68. The second-order valence-corrected chi connectivity index (χ2v) is 5.55. The summed E-state index contributed by atoms with van der Waals surface area (Å²) < 4.78 is 5.37. The van der Waals surface area contributed by atoms with Crippen molar-refractivity contribution in [3.8, 4) is 28.4 Å². The van der Waals surface area contributed by atoms with E-state index >= 15 is 0 Å². The Balaban J connectivity index is 1.98. The zero-order valence-electron chi connectivity index (χ0n) is 13.4. The molecule has 4 aromatic rings. The Bertz CT molecular complexity index is 1020. The summed E-state index contributed by atoms with van der Waals surface area (Å²) in [5.41, 5.74) is 5.59. The summed E-state index contributed by atoms with van der Waals surface area (Å²) in [5.74, 6) is 0.577. The molecule has 0 aliphatic rings. The highest BCUT2D eigenvalue weighted by Crippen LogP contribution is 2.35. The molecule has 5 heteroatoms. The van der Waals surface area contributed by atoms with E-state index in [-0.39, 0.29) is 0 Å². The lowest BCUT2D eigenvalue weighted by Crippen LogP contribution is -1.93. The highest BCUT2D eigenvalue weighted by atomic mass is 16.5. The molecule has 0 atom stereocenters. The highest BCUT2D eigenvalue weighted by molar-refractivity contribution is 5.98. The Morgan fingerprint density at radius 1 is 0.958 bits per heavy atom. The van der Waals surface area contributed by atoms with Crippen molar-refractivity contribution in [3.05, 3.63) is 60.4 Å². The first-order chi connectivity index (χ1) is 11.8. The number of nitrogens with zero attached hydrogens (tertiary/aromatic N) is 3. The number of H-pyrrole nitrogens is 1. The van der Waals surface area contributed by atoms with Crippen molar-refractivity contribution >= 4 is 10.9 Å². The highest BCUT2D eigenvalue weighted by Gasteiger charge is 2.15. The maximum Gasteiger partial charge on any atom is 0.214 e. The summed E-state index contributed by atoms with van der Waals surface area (Å²) in [6.45, 7) is 1.98. The van der Waals surface area contributed by atoms with Crippen LogP contribution in [0.3, 0.4) is 0 Å². The van der Waals surface area contributed by atoms with Gasteiger partial charge in [-0.05, 0) is 25.1 Å². The van der Waals surface area contributed by atoms with Crippen molar-refractivity contribution in [1.29, 1.82) is 0 Å². The molecular weight excluding hydrogens is 300 g/mol.